The molecule has 1 aromatic carbocycles. The Balaban J connectivity index is 3.03. The maximum atomic E-state index is 13.8. The minimum Gasteiger partial charge on any atom is -0.491 e. The minimum absolute atomic E-state index is 0.188. The van der Waals surface area contributed by atoms with Gasteiger partial charge in [0.25, 0.3) is 0 Å². The van der Waals surface area contributed by atoms with E-state index in [1.54, 1.807) is 38.9 Å². The predicted molar refractivity (Wildman–Crippen MR) is 70.6 cm³/mol. The Hall–Kier alpha value is -1.62. The third kappa shape index (κ3) is 3.92. The molecule has 0 aliphatic carbocycles. The van der Waals surface area contributed by atoms with Crippen molar-refractivity contribution in [3.63, 3.8) is 0 Å². The number of esters is 1. The van der Waals surface area contributed by atoms with E-state index < -0.39 is 17.8 Å². The third-order valence-corrected chi connectivity index (χ3v) is 2.60. The van der Waals surface area contributed by atoms with Crippen LogP contribution in [0.5, 0.6) is 5.75 Å². The molecule has 0 aromatic heterocycles. The van der Waals surface area contributed by atoms with Crippen LogP contribution in [0.15, 0.2) is 18.2 Å². The summed E-state index contributed by atoms with van der Waals surface area (Å²) in [6, 6.07) is 3.90. The molecule has 0 spiro atoms. The molecule has 0 bridgehead atoms. The summed E-state index contributed by atoms with van der Waals surface area (Å²) in [5, 5.41) is 0. The zero-order chi connectivity index (χ0) is 14.4. The van der Waals surface area contributed by atoms with Gasteiger partial charge < -0.3 is 9.47 Å². The summed E-state index contributed by atoms with van der Waals surface area (Å²) >= 11 is 0. The van der Waals surface area contributed by atoms with Gasteiger partial charge in [-0.2, -0.15) is 0 Å². The van der Waals surface area contributed by atoms with Gasteiger partial charge in [0.05, 0.1) is 13.2 Å². The Labute approximate surface area is 113 Å². The number of ether oxygens (including phenoxy) is 2. The van der Waals surface area contributed by atoms with Gasteiger partial charge in [-0.05, 0) is 45.6 Å². The lowest BCUT2D eigenvalue weighted by molar-refractivity contribution is -0.148. The summed E-state index contributed by atoms with van der Waals surface area (Å²) in [5.41, 5.74) is 0.546. The van der Waals surface area contributed by atoms with E-state index in [0.29, 0.717) is 18.8 Å². The van der Waals surface area contributed by atoms with Crippen LogP contribution in [0.3, 0.4) is 0 Å². The second-order valence-corrected chi connectivity index (χ2v) is 4.24. The summed E-state index contributed by atoms with van der Waals surface area (Å²) in [5.74, 6) is -0.681. The van der Waals surface area contributed by atoms with Gasteiger partial charge in [-0.15, -0.1) is 0 Å². The van der Waals surface area contributed by atoms with Crippen LogP contribution in [-0.2, 0) is 9.53 Å². The average molecular weight is 269 g/mol. The van der Waals surface area contributed by atoms with E-state index in [4.69, 9.17) is 9.47 Å². The Morgan fingerprint density at radius 2 is 2.00 bits per heavy atom. The SMILES string of the molecule is CCOC(=O)C(c1ccc(OCC)c(F)c1)N(C)C. The van der Waals surface area contributed by atoms with Crippen molar-refractivity contribution in [2.75, 3.05) is 27.3 Å². The number of carbonyl (C=O) groups excluding carboxylic acids is 1. The lowest BCUT2D eigenvalue weighted by Gasteiger charge is -2.23. The summed E-state index contributed by atoms with van der Waals surface area (Å²) in [6.45, 7) is 4.21. The van der Waals surface area contributed by atoms with Crippen molar-refractivity contribution in [1.29, 1.82) is 0 Å². The van der Waals surface area contributed by atoms with E-state index >= 15 is 0 Å². The number of nitrogens with zero attached hydrogens (tertiary/aromatic N) is 1. The Morgan fingerprint density at radius 1 is 1.32 bits per heavy atom. The fraction of sp³-hybridized carbons (Fsp3) is 0.500. The number of hydrogen-bond acceptors (Lipinski definition) is 4. The van der Waals surface area contributed by atoms with Gasteiger partial charge in [0.1, 0.15) is 6.04 Å². The molecule has 0 N–H and O–H groups in total. The monoisotopic (exact) mass is 269 g/mol. The van der Waals surface area contributed by atoms with E-state index in [1.807, 2.05) is 0 Å². The van der Waals surface area contributed by atoms with Gasteiger partial charge in [-0.25, -0.2) is 9.18 Å². The first-order chi connectivity index (χ1) is 9.01. The van der Waals surface area contributed by atoms with Crippen LogP contribution in [-0.4, -0.2) is 38.2 Å². The van der Waals surface area contributed by atoms with Gasteiger partial charge in [0.15, 0.2) is 11.6 Å². The normalized spacial score (nSPS) is 12.3. The fourth-order valence-electron chi connectivity index (χ4n) is 1.83. The summed E-state index contributed by atoms with van der Waals surface area (Å²) in [6.07, 6.45) is 0. The molecule has 0 aliphatic heterocycles. The molecule has 0 fully saturated rings. The maximum Gasteiger partial charge on any atom is 0.327 e. The van der Waals surface area contributed by atoms with Crippen molar-refractivity contribution in [2.45, 2.75) is 19.9 Å². The smallest absolute Gasteiger partial charge is 0.327 e. The first kappa shape index (κ1) is 15.4. The van der Waals surface area contributed by atoms with Crippen LogP contribution < -0.4 is 4.74 Å². The summed E-state index contributed by atoms with van der Waals surface area (Å²) < 4.78 is 24.0. The number of hydrogen-bond donors (Lipinski definition) is 0. The molecule has 0 saturated heterocycles. The fourth-order valence-corrected chi connectivity index (χ4v) is 1.83. The quantitative estimate of drug-likeness (QED) is 0.743. The van der Waals surface area contributed by atoms with Crippen LogP contribution in [0.25, 0.3) is 0 Å². The van der Waals surface area contributed by atoms with E-state index in [0.717, 1.165) is 0 Å². The van der Waals surface area contributed by atoms with Gasteiger partial charge in [0, 0.05) is 0 Å². The second kappa shape index (κ2) is 7.09. The predicted octanol–water partition coefficient (Wildman–Crippen LogP) is 2.39. The second-order valence-electron chi connectivity index (χ2n) is 4.24. The van der Waals surface area contributed by atoms with Crippen LogP contribution in [0.2, 0.25) is 0 Å². The molecule has 0 aliphatic rings. The highest BCUT2D eigenvalue weighted by molar-refractivity contribution is 5.77. The highest BCUT2D eigenvalue weighted by Crippen LogP contribution is 2.25. The summed E-state index contributed by atoms with van der Waals surface area (Å²) in [7, 11) is 3.49. The van der Waals surface area contributed by atoms with E-state index in [2.05, 4.69) is 0 Å². The molecule has 0 heterocycles. The van der Waals surface area contributed by atoms with Gasteiger partial charge in [-0.1, -0.05) is 6.07 Å². The average Bonchev–Trinajstić information content (AvgIpc) is 2.33. The molecule has 0 radical (unpaired) electrons. The van der Waals surface area contributed by atoms with Gasteiger partial charge in [-0.3, -0.25) is 4.90 Å². The van der Waals surface area contributed by atoms with E-state index in [-0.39, 0.29) is 5.75 Å². The highest BCUT2D eigenvalue weighted by atomic mass is 19.1. The number of carbonyl (C=O) groups is 1. The minimum atomic E-state index is -0.620. The Morgan fingerprint density at radius 3 is 2.47 bits per heavy atom. The van der Waals surface area contributed by atoms with Crippen LogP contribution >= 0.6 is 0 Å². The van der Waals surface area contributed by atoms with E-state index in [9.17, 15) is 9.18 Å². The molecule has 1 unspecified atom stereocenters. The molecule has 106 valence electrons. The lowest BCUT2D eigenvalue weighted by Crippen LogP contribution is -2.29. The molecule has 0 amide bonds. The molecule has 19 heavy (non-hydrogen) atoms. The first-order valence-corrected chi connectivity index (χ1v) is 6.26. The van der Waals surface area contributed by atoms with Crippen molar-refractivity contribution < 1.29 is 18.7 Å². The van der Waals surface area contributed by atoms with Crippen LogP contribution in [0.4, 0.5) is 4.39 Å². The highest BCUT2D eigenvalue weighted by Gasteiger charge is 2.25. The standard InChI is InChI=1S/C14H20FNO3/c1-5-18-12-8-7-10(9-11(12)15)13(16(3)4)14(17)19-6-2/h7-9,13H,5-6H2,1-4H3. The molecule has 1 rings (SSSR count). The molecule has 0 saturated carbocycles. The van der Waals surface area contributed by atoms with Crippen molar-refractivity contribution in [1.82, 2.24) is 4.90 Å². The molecule has 4 nitrogen and oxygen atoms in total. The van der Waals surface area contributed by atoms with Crippen molar-refractivity contribution >= 4 is 5.97 Å². The molecule has 5 heteroatoms. The zero-order valence-corrected chi connectivity index (χ0v) is 11.8. The van der Waals surface area contributed by atoms with Crippen molar-refractivity contribution in [2.24, 2.45) is 0 Å². The van der Waals surface area contributed by atoms with E-state index in [1.165, 1.54) is 12.1 Å². The lowest BCUT2D eigenvalue weighted by atomic mass is 10.1. The van der Waals surface area contributed by atoms with Crippen molar-refractivity contribution in [3.8, 4) is 5.75 Å². The molecule has 1 aromatic rings. The van der Waals surface area contributed by atoms with Crippen LogP contribution in [0.1, 0.15) is 25.5 Å². The topological polar surface area (TPSA) is 38.8 Å². The Bertz CT molecular complexity index is 435. The number of likely N-dealkylation sites (N-methyl/N-ethyl adjacent to an activating group) is 1. The largest absolute Gasteiger partial charge is 0.491 e. The first-order valence-electron chi connectivity index (χ1n) is 6.26. The zero-order valence-electron chi connectivity index (χ0n) is 11.8. The number of halogens is 1. The summed E-state index contributed by atoms with van der Waals surface area (Å²) in [4.78, 5) is 13.6. The number of benzene rings is 1. The van der Waals surface area contributed by atoms with Crippen molar-refractivity contribution in [3.05, 3.63) is 29.6 Å². The van der Waals surface area contributed by atoms with Gasteiger partial charge in [0.2, 0.25) is 0 Å². The van der Waals surface area contributed by atoms with Gasteiger partial charge >= 0.3 is 5.97 Å². The van der Waals surface area contributed by atoms with Crippen LogP contribution in [0, 0.1) is 5.82 Å². The Kier molecular flexibility index (Phi) is 5.76. The molecular weight excluding hydrogens is 249 g/mol. The maximum absolute atomic E-state index is 13.8. The molecular formula is C14H20FNO3. The third-order valence-electron chi connectivity index (χ3n) is 2.60. The number of rotatable bonds is 6. The molecule has 1 atom stereocenters.